The van der Waals surface area contributed by atoms with Gasteiger partial charge >= 0.3 is 0 Å². The van der Waals surface area contributed by atoms with Crippen LogP contribution in [0.5, 0.6) is 0 Å². The maximum absolute atomic E-state index is 5.79. The van der Waals surface area contributed by atoms with Gasteiger partial charge in [-0.15, -0.1) is 24.0 Å². The highest BCUT2D eigenvalue weighted by Crippen LogP contribution is 2.29. The minimum absolute atomic E-state index is 0. The number of hydrogen-bond acceptors (Lipinski definition) is 3. The topological polar surface area (TPSA) is 32.5 Å². The highest BCUT2D eigenvalue weighted by Gasteiger charge is 2.30. The molecule has 0 bridgehead atoms. The number of benzene rings is 1. The molecule has 0 amide bonds. The molecule has 0 spiro atoms. The van der Waals surface area contributed by atoms with Crippen LogP contribution >= 0.6 is 24.0 Å². The van der Waals surface area contributed by atoms with E-state index >= 15 is 0 Å². The average molecular weight is 431 g/mol. The number of hydrogen-bond donors (Lipinski definition) is 1. The molecule has 1 fully saturated rings. The van der Waals surface area contributed by atoms with Crippen molar-refractivity contribution in [2.75, 3.05) is 37.8 Å². The van der Waals surface area contributed by atoms with Gasteiger partial charge in [-0.3, -0.25) is 0 Å². The number of nitrogens with zero attached hydrogens (tertiary/aromatic N) is 2. The van der Waals surface area contributed by atoms with Crippen LogP contribution in [0.4, 0.5) is 11.4 Å². The summed E-state index contributed by atoms with van der Waals surface area (Å²) in [6.07, 6.45) is 8.10. The van der Waals surface area contributed by atoms with Crippen LogP contribution in [-0.2, 0) is 0 Å². The van der Waals surface area contributed by atoms with E-state index in [0.717, 1.165) is 17.6 Å². The van der Waals surface area contributed by atoms with Gasteiger partial charge in [0.05, 0.1) is 0 Å². The van der Waals surface area contributed by atoms with E-state index < -0.39 is 0 Å². The van der Waals surface area contributed by atoms with Gasteiger partial charge in [0, 0.05) is 30.5 Å². The normalized spacial score (nSPS) is 19.0. The third-order valence-electron chi connectivity index (χ3n) is 5.04. The van der Waals surface area contributed by atoms with Crippen LogP contribution in [0.3, 0.4) is 0 Å². The molecule has 1 aliphatic rings. The lowest BCUT2D eigenvalue weighted by Gasteiger charge is -2.30. The minimum Gasteiger partial charge on any atom is -0.399 e. The van der Waals surface area contributed by atoms with Crippen molar-refractivity contribution in [1.82, 2.24) is 4.90 Å². The summed E-state index contributed by atoms with van der Waals surface area (Å²) in [5.41, 5.74) is 7.96. The van der Waals surface area contributed by atoms with E-state index in [1.54, 1.807) is 0 Å². The van der Waals surface area contributed by atoms with Gasteiger partial charge in [0.1, 0.15) is 0 Å². The van der Waals surface area contributed by atoms with Gasteiger partial charge in [-0.25, -0.2) is 0 Å². The highest BCUT2D eigenvalue weighted by molar-refractivity contribution is 14.0. The Hall–Kier alpha value is -0.490. The summed E-state index contributed by atoms with van der Waals surface area (Å²) in [4.78, 5) is 4.97. The van der Waals surface area contributed by atoms with Gasteiger partial charge in [-0.1, -0.05) is 32.6 Å². The molecule has 23 heavy (non-hydrogen) atoms. The van der Waals surface area contributed by atoms with Gasteiger partial charge in [-0.2, -0.15) is 0 Å². The molecule has 4 heteroatoms. The second kappa shape index (κ2) is 10.4. The maximum atomic E-state index is 5.79. The predicted molar refractivity (Wildman–Crippen MR) is 113 cm³/mol. The lowest BCUT2D eigenvalue weighted by molar-refractivity contribution is 0.203. The predicted octanol–water partition coefficient (Wildman–Crippen LogP) is 4.61. The summed E-state index contributed by atoms with van der Waals surface area (Å²) in [6, 6.07) is 9.05. The maximum Gasteiger partial charge on any atom is 0.0367 e. The van der Waals surface area contributed by atoms with Crippen molar-refractivity contribution in [3.63, 3.8) is 0 Å². The van der Waals surface area contributed by atoms with E-state index in [2.05, 4.69) is 43.0 Å². The second-order valence-corrected chi connectivity index (χ2v) is 6.97. The van der Waals surface area contributed by atoms with Crippen LogP contribution in [0.15, 0.2) is 24.3 Å². The van der Waals surface area contributed by atoms with E-state index in [-0.39, 0.29) is 24.0 Å². The van der Waals surface area contributed by atoms with Gasteiger partial charge in [0.2, 0.25) is 0 Å². The first-order valence-corrected chi connectivity index (χ1v) is 8.88. The van der Waals surface area contributed by atoms with Crippen LogP contribution in [0, 0.1) is 5.92 Å². The second-order valence-electron chi connectivity index (χ2n) is 6.97. The van der Waals surface area contributed by atoms with Crippen molar-refractivity contribution < 1.29 is 0 Å². The Balaban J connectivity index is 0.00000264. The largest absolute Gasteiger partial charge is 0.399 e. The van der Waals surface area contributed by atoms with E-state index in [9.17, 15) is 0 Å². The van der Waals surface area contributed by atoms with Crippen LogP contribution in [-0.4, -0.2) is 38.1 Å². The summed E-state index contributed by atoms with van der Waals surface area (Å²) >= 11 is 0. The molecule has 1 aliphatic heterocycles. The summed E-state index contributed by atoms with van der Waals surface area (Å²) in [7, 11) is 4.49. The van der Waals surface area contributed by atoms with E-state index in [4.69, 9.17) is 5.73 Å². The fourth-order valence-electron chi connectivity index (χ4n) is 3.72. The third kappa shape index (κ3) is 6.14. The lowest BCUT2D eigenvalue weighted by atomic mass is 9.93. The Morgan fingerprint density at radius 1 is 1.17 bits per heavy atom. The minimum atomic E-state index is 0. The first-order valence-electron chi connectivity index (χ1n) is 8.88. The molecule has 2 unspecified atom stereocenters. The molecule has 0 aliphatic carbocycles. The molecule has 2 atom stereocenters. The zero-order chi connectivity index (χ0) is 15.9. The molecule has 2 N–H and O–H groups in total. The van der Waals surface area contributed by atoms with Crippen LogP contribution < -0.4 is 10.6 Å². The molecule has 0 radical (unpaired) electrons. The number of nitrogen functional groups attached to an aromatic ring is 1. The molecule has 1 saturated heterocycles. The molecule has 2 rings (SSSR count). The highest BCUT2D eigenvalue weighted by atomic mass is 127. The Morgan fingerprint density at radius 2 is 1.87 bits per heavy atom. The average Bonchev–Trinajstić information content (AvgIpc) is 2.97. The molecule has 0 aromatic heterocycles. The molecule has 1 aromatic carbocycles. The van der Waals surface area contributed by atoms with E-state index in [1.807, 2.05) is 12.1 Å². The van der Waals surface area contributed by atoms with Crippen LogP contribution in [0.25, 0.3) is 0 Å². The zero-order valence-electron chi connectivity index (χ0n) is 15.0. The van der Waals surface area contributed by atoms with Gasteiger partial charge in [-0.05, 0) is 57.1 Å². The first-order chi connectivity index (χ1) is 10.6. The summed E-state index contributed by atoms with van der Waals surface area (Å²) < 4.78 is 0. The molecule has 0 saturated carbocycles. The Kier molecular flexibility index (Phi) is 9.29. The van der Waals surface area contributed by atoms with Gasteiger partial charge in [0.25, 0.3) is 0 Å². The summed E-state index contributed by atoms with van der Waals surface area (Å²) in [6.45, 7) is 4.64. The number of anilines is 2. The number of halogens is 1. The first kappa shape index (κ1) is 20.6. The van der Waals surface area contributed by atoms with E-state index in [0.29, 0.717) is 0 Å². The summed E-state index contributed by atoms with van der Waals surface area (Å²) in [5.74, 6) is 0.786. The van der Waals surface area contributed by atoms with Gasteiger partial charge < -0.3 is 15.5 Å². The molecule has 1 aromatic rings. The lowest BCUT2D eigenvalue weighted by Crippen LogP contribution is -2.37. The van der Waals surface area contributed by atoms with Crippen molar-refractivity contribution >= 4 is 35.4 Å². The molecule has 3 nitrogen and oxygen atoms in total. The quantitative estimate of drug-likeness (QED) is 0.371. The SMILES string of the molecule is CCCCCCC(C1CCN(c2ccc(N)cc2)C1)N(C)C.I. The zero-order valence-corrected chi connectivity index (χ0v) is 17.3. The molecule has 132 valence electrons. The molecule has 1 heterocycles. The Labute approximate surface area is 159 Å². The van der Waals surface area contributed by atoms with Crippen molar-refractivity contribution in [2.24, 2.45) is 5.92 Å². The number of unbranched alkanes of at least 4 members (excludes halogenated alkanes) is 3. The molecular formula is C19H34IN3. The molecular weight excluding hydrogens is 397 g/mol. The van der Waals surface area contributed by atoms with Crippen molar-refractivity contribution in [3.8, 4) is 0 Å². The van der Waals surface area contributed by atoms with Crippen molar-refractivity contribution in [3.05, 3.63) is 24.3 Å². The van der Waals surface area contributed by atoms with Crippen LogP contribution in [0.2, 0.25) is 0 Å². The smallest absolute Gasteiger partial charge is 0.0367 e. The van der Waals surface area contributed by atoms with Crippen LogP contribution in [0.1, 0.15) is 45.4 Å². The fraction of sp³-hybridized carbons (Fsp3) is 0.684. The Bertz CT molecular complexity index is 433. The monoisotopic (exact) mass is 431 g/mol. The van der Waals surface area contributed by atoms with Crippen molar-refractivity contribution in [1.29, 1.82) is 0 Å². The Morgan fingerprint density at radius 3 is 2.48 bits per heavy atom. The van der Waals surface area contributed by atoms with E-state index in [1.165, 1.54) is 57.3 Å². The van der Waals surface area contributed by atoms with Crippen molar-refractivity contribution in [2.45, 2.75) is 51.5 Å². The third-order valence-corrected chi connectivity index (χ3v) is 5.04. The summed E-state index contributed by atoms with van der Waals surface area (Å²) in [5, 5.41) is 0. The van der Waals surface area contributed by atoms with Gasteiger partial charge in [0.15, 0.2) is 0 Å². The standard InChI is InChI=1S/C19H33N3.HI/c1-4-5-6-7-8-19(21(2)3)16-13-14-22(15-16)18-11-9-17(20)10-12-18;/h9-12,16,19H,4-8,13-15,20H2,1-3H3;1H. The fourth-order valence-corrected chi connectivity index (χ4v) is 3.72. The number of rotatable bonds is 8. The number of nitrogens with two attached hydrogens (primary N) is 1.